The molecule has 16 heteroatoms. The van der Waals surface area contributed by atoms with Crippen molar-refractivity contribution in [3.63, 3.8) is 0 Å². The third kappa shape index (κ3) is 8.87. The van der Waals surface area contributed by atoms with Crippen LogP contribution in [0.25, 0.3) is 0 Å². The number of methoxy groups -OCH3 is 3. The van der Waals surface area contributed by atoms with E-state index in [4.69, 9.17) is 23.7 Å². The van der Waals surface area contributed by atoms with Gasteiger partial charge in [-0.1, -0.05) is 60.7 Å². The molecule has 0 amide bonds. The van der Waals surface area contributed by atoms with Gasteiger partial charge in [-0.2, -0.15) is 9.97 Å². The minimum Gasteiger partial charge on any atom is -0.481 e. The van der Waals surface area contributed by atoms with Gasteiger partial charge in [0.05, 0.1) is 26.9 Å². The van der Waals surface area contributed by atoms with Crippen LogP contribution in [0.3, 0.4) is 0 Å². The van der Waals surface area contributed by atoms with Gasteiger partial charge in [-0.25, -0.2) is 4.79 Å². The minimum atomic E-state index is -1.55. The second-order valence-electron chi connectivity index (χ2n) is 9.04. The molecule has 0 bridgehead atoms. The van der Waals surface area contributed by atoms with Gasteiger partial charge in [0.1, 0.15) is 12.7 Å². The Hall–Kier alpha value is -5.25. The quantitative estimate of drug-likeness (QED) is 0.0823. The highest BCUT2D eigenvalue weighted by atomic mass is 17.0. The maximum Gasteiger partial charge on any atom is 0.351 e. The number of nitrogens with zero attached hydrogens (tertiary/aromatic N) is 4. The summed E-state index contributed by atoms with van der Waals surface area (Å²) in [6, 6.07) is 19.0. The number of carbonyl (C=O) groups excluding carboxylic acids is 1. The van der Waals surface area contributed by atoms with E-state index in [0.717, 1.165) is 0 Å². The molecule has 236 valence electrons. The van der Waals surface area contributed by atoms with Gasteiger partial charge >= 0.3 is 12.0 Å². The summed E-state index contributed by atoms with van der Waals surface area (Å²) in [4.78, 5) is 52.1. The van der Waals surface area contributed by atoms with Crippen molar-refractivity contribution in [3.8, 4) is 17.8 Å². The van der Waals surface area contributed by atoms with Crippen molar-refractivity contribution >= 4 is 5.97 Å². The summed E-state index contributed by atoms with van der Waals surface area (Å²) in [7, 11) is 4.23. The fraction of sp³-hybridized carbons (Fsp3) is 0.393. The summed E-state index contributed by atoms with van der Waals surface area (Å²) < 4.78 is 28.4. The topological polar surface area (TPSA) is 194 Å². The van der Waals surface area contributed by atoms with E-state index in [9.17, 15) is 25.0 Å². The Bertz CT molecular complexity index is 1300. The van der Waals surface area contributed by atoms with Crippen LogP contribution in [0, 0.1) is 20.2 Å². The summed E-state index contributed by atoms with van der Waals surface area (Å²) in [5.74, 6) is -0.595. The SMILES string of the molecule is COc1cc(OC)nc(O[C@H](C(=O)OCCCCC(CO[N+](=O)[O-])O[N+](=O)[O-])C(OC)(c2ccccc2)c2ccccc2)n1. The van der Waals surface area contributed by atoms with E-state index in [1.54, 1.807) is 48.5 Å². The molecule has 0 radical (unpaired) electrons. The third-order valence-corrected chi connectivity index (χ3v) is 6.38. The Morgan fingerprint density at radius 1 is 0.864 bits per heavy atom. The molecule has 0 saturated carbocycles. The van der Waals surface area contributed by atoms with Crippen molar-refractivity contribution in [2.45, 2.75) is 37.1 Å². The van der Waals surface area contributed by atoms with E-state index in [-0.39, 0.29) is 43.6 Å². The number of hydrogen-bond donors (Lipinski definition) is 0. The Morgan fingerprint density at radius 3 is 1.91 bits per heavy atom. The largest absolute Gasteiger partial charge is 0.481 e. The average molecular weight is 617 g/mol. The second-order valence-corrected chi connectivity index (χ2v) is 9.04. The predicted octanol–water partition coefficient (Wildman–Crippen LogP) is 3.33. The first-order valence-electron chi connectivity index (χ1n) is 13.3. The highest BCUT2D eigenvalue weighted by Gasteiger charge is 2.50. The summed E-state index contributed by atoms with van der Waals surface area (Å²) in [5.41, 5.74) is -0.420. The van der Waals surface area contributed by atoms with E-state index in [1.807, 2.05) is 12.1 Å². The van der Waals surface area contributed by atoms with Crippen LogP contribution in [0.2, 0.25) is 0 Å². The van der Waals surface area contributed by atoms with E-state index >= 15 is 0 Å². The van der Waals surface area contributed by atoms with Gasteiger partial charge < -0.3 is 33.4 Å². The molecule has 0 saturated heterocycles. The molecular formula is C28H32N4O12. The lowest BCUT2D eigenvalue weighted by atomic mass is 9.81. The van der Waals surface area contributed by atoms with Gasteiger partial charge in [-0.05, 0) is 30.4 Å². The van der Waals surface area contributed by atoms with E-state index in [0.29, 0.717) is 11.1 Å². The molecule has 44 heavy (non-hydrogen) atoms. The number of unbranched alkanes of at least 4 members (excludes halogenated alkanes) is 1. The molecule has 0 aliphatic carbocycles. The molecule has 16 nitrogen and oxygen atoms in total. The first-order valence-corrected chi connectivity index (χ1v) is 13.3. The molecule has 3 aromatic rings. The summed E-state index contributed by atoms with van der Waals surface area (Å²) in [5, 5.41) is 19.1. The smallest absolute Gasteiger partial charge is 0.351 e. The first-order chi connectivity index (χ1) is 21.2. The van der Waals surface area contributed by atoms with E-state index in [2.05, 4.69) is 19.6 Å². The fourth-order valence-electron chi connectivity index (χ4n) is 4.39. The zero-order chi connectivity index (χ0) is 32.0. The molecule has 0 spiro atoms. The first kappa shape index (κ1) is 33.3. The number of aromatic nitrogens is 2. The maximum atomic E-state index is 13.9. The second kappa shape index (κ2) is 16.4. The van der Waals surface area contributed by atoms with Gasteiger partial charge in [0.15, 0.2) is 5.60 Å². The molecule has 1 aromatic heterocycles. The molecule has 0 aliphatic heterocycles. The molecule has 2 atom stereocenters. The Morgan fingerprint density at radius 2 is 1.43 bits per heavy atom. The number of benzene rings is 2. The van der Waals surface area contributed by atoms with Crippen molar-refractivity contribution in [2.24, 2.45) is 0 Å². The lowest BCUT2D eigenvalue weighted by Gasteiger charge is -2.38. The fourth-order valence-corrected chi connectivity index (χ4v) is 4.39. The van der Waals surface area contributed by atoms with E-state index < -0.39 is 40.6 Å². The lowest BCUT2D eigenvalue weighted by molar-refractivity contribution is -0.790. The zero-order valence-corrected chi connectivity index (χ0v) is 24.2. The van der Waals surface area contributed by atoms with E-state index in [1.165, 1.54) is 27.4 Å². The molecule has 0 fully saturated rings. The van der Waals surface area contributed by atoms with Gasteiger partial charge in [0, 0.05) is 7.11 Å². The molecule has 1 heterocycles. The van der Waals surface area contributed by atoms with Crippen LogP contribution in [0.4, 0.5) is 0 Å². The molecular weight excluding hydrogens is 584 g/mol. The minimum absolute atomic E-state index is 0.0276. The van der Waals surface area contributed by atoms with Gasteiger partial charge in [0.2, 0.25) is 17.9 Å². The molecule has 1 unspecified atom stereocenters. The van der Waals surface area contributed by atoms with Crippen molar-refractivity contribution in [1.82, 2.24) is 9.97 Å². The van der Waals surface area contributed by atoms with Crippen molar-refractivity contribution in [3.05, 3.63) is 98.1 Å². The highest BCUT2D eigenvalue weighted by Crippen LogP contribution is 2.39. The summed E-state index contributed by atoms with van der Waals surface area (Å²) in [6.45, 7) is -0.760. The van der Waals surface area contributed by atoms with Crippen LogP contribution in [0.15, 0.2) is 66.7 Å². The van der Waals surface area contributed by atoms with Crippen LogP contribution in [0.1, 0.15) is 30.4 Å². The van der Waals surface area contributed by atoms with Gasteiger partial charge in [0.25, 0.3) is 10.2 Å². The third-order valence-electron chi connectivity index (χ3n) is 6.38. The maximum absolute atomic E-state index is 13.9. The summed E-state index contributed by atoms with van der Waals surface area (Å²) >= 11 is 0. The van der Waals surface area contributed by atoms with Crippen molar-refractivity contribution in [1.29, 1.82) is 0 Å². The molecule has 3 rings (SSSR count). The number of carbonyl (C=O) groups is 1. The van der Waals surface area contributed by atoms with Gasteiger partial charge in [-0.15, -0.1) is 20.2 Å². The number of ether oxygens (including phenoxy) is 5. The molecule has 2 aromatic carbocycles. The lowest BCUT2D eigenvalue weighted by Crippen LogP contribution is -2.51. The standard InChI is InChI=1S/C28H32N4O12/c1-38-23-18-24(39-2)30-27(29-23)43-25(26(33)41-17-11-10-16-22(44-32(36)37)19-42-31(34)35)28(40-3,20-12-6-4-7-13-20)21-14-8-5-9-15-21/h4-9,12-15,18,22,25H,10-11,16-17,19H2,1-3H3/t22?,25-/m1/s1. The van der Waals surface area contributed by atoms with Crippen LogP contribution in [0.5, 0.6) is 17.8 Å². The number of esters is 1. The van der Waals surface area contributed by atoms with Crippen LogP contribution in [-0.4, -0.2) is 72.9 Å². The molecule has 0 N–H and O–H groups in total. The zero-order valence-electron chi connectivity index (χ0n) is 24.2. The Labute approximate surface area is 252 Å². The van der Waals surface area contributed by atoms with Crippen LogP contribution < -0.4 is 14.2 Å². The number of hydrogen-bond acceptors (Lipinski definition) is 14. The average Bonchev–Trinajstić information content (AvgIpc) is 3.03. The Balaban J connectivity index is 1.91. The van der Waals surface area contributed by atoms with Crippen LogP contribution in [-0.2, 0) is 29.5 Å². The molecule has 0 aliphatic rings. The number of rotatable bonds is 19. The van der Waals surface area contributed by atoms with Crippen molar-refractivity contribution < 1.29 is 48.3 Å². The summed E-state index contributed by atoms with van der Waals surface area (Å²) in [6.07, 6.45) is -2.18. The highest BCUT2D eigenvalue weighted by molar-refractivity contribution is 5.78. The van der Waals surface area contributed by atoms with Gasteiger partial charge in [-0.3, -0.25) is 0 Å². The van der Waals surface area contributed by atoms with Crippen LogP contribution >= 0.6 is 0 Å². The van der Waals surface area contributed by atoms with Crippen molar-refractivity contribution in [2.75, 3.05) is 34.5 Å². The normalized spacial score (nSPS) is 12.3. The Kier molecular flexibility index (Phi) is 12.4. The monoisotopic (exact) mass is 616 g/mol. The predicted molar refractivity (Wildman–Crippen MR) is 150 cm³/mol.